The summed E-state index contributed by atoms with van der Waals surface area (Å²) in [4.78, 5) is 49.1. The molecular weight excluding hydrogens is 530 g/mol. The number of aliphatic hydroxyl groups is 1. The normalized spacial score (nSPS) is 31.0. The molecule has 3 fully saturated rings. The first-order valence-corrected chi connectivity index (χ1v) is 15.6. The van der Waals surface area contributed by atoms with E-state index in [-0.39, 0.29) is 36.3 Å². The number of carbonyl (C=O) groups is 3. The summed E-state index contributed by atoms with van der Waals surface area (Å²) in [6, 6.07) is 7.47. The van der Waals surface area contributed by atoms with Crippen molar-refractivity contribution in [2.24, 2.45) is 17.8 Å². The molecule has 2 bridgehead atoms. The van der Waals surface area contributed by atoms with Gasteiger partial charge < -0.3 is 24.5 Å². The van der Waals surface area contributed by atoms with Crippen LogP contribution in [0.1, 0.15) is 71.9 Å². The van der Waals surface area contributed by atoms with Gasteiger partial charge in [-0.2, -0.15) is 0 Å². The molecule has 3 amide bonds. The smallest absolute Gasteiger partial charge is 0.248 e. The van der Waals surface area contributed by atoms with Crippen LogP contribution in [0, 0.1) is 17.8 Å². The van der Waals surface area contributed by atoms with E-state index < -0.39 is 35.1 Å². The SMILES string of the molecule is C=CCN(CCC)C(=O)[C@H]1[C@H]2C(=O)N([C@H](CO)c3ccccc3)C(C(=O)N(CC=C)C(C)CCC)C23CC(C)[C@]1(C)O3. The van der Waals surface area contributed by atoms with E-state index in [1.165, 1.54) is 0 Å². The first-order chi connectivity index (χ1) is 20.1. The van der Waals surface area contributed by atoms with Crippen LogP contribution in [0.5, 0.6) is 0 Å². The molecule has 1 N–H and O–H groups in total. The fraction of sp³-hybridized carbons (Fsp3) is 0.618. The van der Waals surface area contributed by atoms with Crippen molar-refractivity contribution in [3.63, 3.8) is 0 Å². The van der Waals surface area contributed by atoms with E-state index in [4.69, 9.17) is 4.74 Å². The molecule has 0 saturated carbocycles. The molecule has 4 rings (SSSR count). The summed E-state index contributed by atoms with van der Waals surface area (Å²) in [7, 11) is 0. The highest BCUT2D eigenvalue weighted by Crippen LogP contribution is 2.66. The monoisotopic (exact) mass is 579 g/mol. The number of aliphatic hydroxyl groups excluding tert-OH is 1. The van der Waals surface area contributed by atoms with Gasteiger partial charge >= 0.3 is 0 Å². The zero-order valence-electron chi connectivity index (χ0n) is 26.0. The second-order valence-corrected chi connectivity index (χ2v) is 12.5. The third-order valence-corrected chi connectivity index (χ3v) is 9.95. The topological polar surface area (TPSA) is 90.4 Å². The number of fused-ring (bicyclic) bond motifs is 1. The van der Waals surface area contributed by atoms with Gasteiger partial charge in [-0.05, 0) is 44.6 Å². The average Bonchev–Trinajstić information content (AvgIpc) is 3.48. The molecule has 3 aliphatic heterocycles. The molecule has 230 valence electrons. The van der Waals surface area contributed by atoms with Crippen LogP contribution < -0.4 is 0 Å². The minimum absolute atomic E-state index is 0.0665. The maximum atomic E-state index is 14.8. The number of rotatable bonds is 14. The van der Waals surface area contributed by atoms with E-state index in [0.717, 1.165) is 24.8 Å². The highest BCUT2D eigenvalue weighted by atomic mass is 16.5. The van der Waals surface area contributed by atoms with E-state index >= 15 is 0 Å². The summed E-state index contributed by atoms with van der Waals surface area (Å²) in [5, 5.41) is 10.8. The highest BCUT2D eigenvalue weighted by Gasteiger charge is 2.80. The maximum Gasteiger partial charge on any atom is 0.248 e. The predicted octanol–water partition coefficient (Wildman–Crippen LogP) is 4.36. The van der Waals surface area contributed by atoms with Crippen molar-refractivity contribution in [3.8, 4) is 0 Å². The van der Waals surface area contributed by atoms with E-state index in [1.54, 1.807) is 26.9 Å². The number of carbonyl (C=O) groups excluding carboxylic acids is 3. The molecule has 0 aromatic heterocycles. The minimum atomic E-state index is -1.19. The molecule has 1 spiro atoms. The van der Waals surface area contributed by atoms with Crippen LogP contribution in [0.2, 0.25) is 0 Å². The van der Waals surface area contributed by atoms with Crippen LogP contribution in [0.4, 0.5) is 0 Å². The third-order valence-electron chi connectivity index (χ3n) is 9.95. The van der Waals surface area contributed by atoms with Crippen molar-refractivity contribution in [2.75, 3.05) is 26.2 Å². The molecule has 8 heteroatoms. The van der Waals surface area contributed by atoms with E-state index in [9.17, 15) is 19.5 Å². The zero-order chi connectivity index (χ0) is 30.8. The summed E-state index contributed by atoms with van der Waals surface area (Å²) < 4.78 is 6.97. The molecule has 3 saturated heterocycles. The Bertz CT molecular complexity index is 1170. The van der Waals surface area contributed by atoms with Gasteiger partial charge in [-0.1, -0.05) is 69.7 Å². The van der Waals surface area contributed by atoms with Gasteiger partial charge in [0.25, 0.3) is 0 Å². The number of nitrogens with zero attached hydrogens (tertiary/aromatic N) is 3. The summed E-state index contributed by atoms with van der Waals surface area (Å²) in [5.41, 5.74) is -1.37. The lowest BCUT2D eigenvalue weighted by molar-refractivity contribution is -0.158. The lowest BCUT2D eigenvalue weighted by Gasteiger charge is -2.41. The van der Waals surface area contributed by atoms with Gasteiger partial charge in [0.1, 0.15) is 11.6 Å². The summed E-state index contributed by atoms with van der Waals surface area (Å²) in [5.74, 6) is -2.32. The number of ether oxygens (including phenoxy) is 1. The standard InChI is InChI=1S/C34H49N3O5/c1-8-15-24(6)36(20-11-4)32(41)29-34-21-23(5)33(7,42-34)27(30(39)35(18-9-2)19-10-3)28(34)31(40)37(29)26(22-38)25-16-13-12-14-17-25/h9,11-14,16-17,23-24,26-29,38H,2,4,8,10,15,18-22H2,1,3,5-7H3/t23?,24?,26-,27-,28+,29?,33+,34?/m1/s1. The first-order valence-electron chi connectivity index (χ1n) is 15.6. The van der Waals surface area contributed by atoms with Crippen LogP contribution in [0.3, 0.4) is 0 Å². The second kappa shape index (κ2) is 12.7. The Morgan fingerprint density at radius 1 is 1.14 bits per heavy atom. The number of hydrogen-bond donors (Lipinski definition) is 1. The van der Waals surface area contributed by atoms with E-state index in [2.05, 4.69) is 27.0 Å². The maximum absolute atomic E-state index is 14.8. The summed E-state index contributed by atoms with van der Waals surface area (Å²) in [6.07, 6.45) is 6.35. The molecule has 42 heavy (non-hydrogen) atoms. The predicted molar refractivity (Wildman–Crippen MR) is 163 cm³/mol. The van der Waals surface area contributed by atoms with Gasteiger partial charge in [0, 0.05) is 25.7 Å². The van der Waals surface area contributed by atoms with Crippen molar-refractivity contribution in [1.29, 1.82) is 0 Å². The van der Waals surface area contributed by atoms with Gasteiger partial charge in [-0.3, -0.25) is 14.4 Å². The molecule has 0 aliphatic carbocycles. The van der Waals surface area contributed by atoms with Crippen molar-refractivity contribution in [3.05, 3.63) is 61.2 Å². The third kappa shape index (κ3) is 5.00. The lowest BCUT2D eigenvalue weighted by atomic mass is 9.62. The van der Waals surface area contributed by atoms with E-state index in [1.807, 2.05) is 51.1 Å². The number of hydrogen-bond acceptors (Lipinski definition) is 5. The summed E-state index contributed by atoms with van der Waals surface area (Å²) >= 11 is 0. The van der Waals surface area contributed by atoms with Gasteiger partial charge in [0.05, 0.1) is 30.1 Å². The van der Waals surface area contributed by atoms with Crippen molar-refractivity contribution in [2.45, 2.75) is 89.6 Å². The Kier molecular flexibility index (Phi) is 9.68. The molecule has 1 aromatic carbocycles. The Labute approximate surface area is 251 Å². The van der Waals surface area contributed by atoms with Gasteiger partial charge in [0.2, 0.25) is 17.7 Å². The quantitative estimate of drug-likeness (QED) is 0.331. The van der Waals surface area contributed by atoms with Crippen LogP contribution >= 0.6 is 0 Å². The minimum Gasteiger partial charge on any atom is -0.394 e. The molecule has 0 radical (unpaired) electrons. The van der Waals surface area contributed by atoms with Crippen LogP contribution in [0.15, 0.2) is 55.6 Å². The summed E-state index contributed by atoms with van der Waals surface area (Å²) in [6.45, 7) is 18.7. The number of likely N-dealkylation sites (tertiary alicyclic amines) is 1. The fourth-order valence-corrected chi connectivity index (χ4v) is 7.97. The van der Waals surface area contributed by atoms with Crippen LogP contribution in [0.25, 0.3) is 0 Å². The average molecular weight is 580 g/mol. The fourth-order valence-electron chi connectivity index (χ4n) is 7.97. The molecule has 4 unspecified atom stereocenters. The van der Waals surface area contributed by atoms with Crippen molar-refractivity contribution >= 4 is 17.7 Å². The largest absolute Gasteiger partial charge is 0.394 e. The van der Waals surface area contributed by atoms with Crippen LogP contribution in [-0.4, -0.2) is 87.1 Å². The zero-order valence-corrected chi connectivity index (χ0v) is 26.0. The van der Waals surface area contributed by atoms with Gasteiger partial charge in [-0.25, -0.2) is 0 Å². The molecule has 3 aliphatic rings. The molecule has 8 nitrogen and oxygen atoms in total. The number of benzene rings is 1. The Morgan fingerprint density at radius 3 is 2.38 bits per heavy atom. The first kappa shape index (κ1) is 32.0. The van der Waals surface area contributed by atoms with E-state index in [0.29, 0.717) is 26.1 Å². The number of amides is 3. The Morgan fingerprint density at radius 2 is 1.81 bits per heavy atom. The molecule has 8 atom stereocenters. The van der Waals surface area contributed by atoms with Gasteiger partial charge in [-0.15, -0.1) is 13.2 Å². The Balaban J connectivity index is 1.91. The van der Waals surface area contributed by atoms with Crippen molar-refractivity contribution < 1.29 is 24.2 Å². The molecule has 3 heterocycles. The second-order valence-electron chi connectivity index (χ2n) is 12.5. The Hall–Kier alpha value is -2.97. The van der Waals surface area contributed by atoms with Crippen molar-refractivity contribution in [1.82, 2.24) is 14.7 Å². The van der Waals surface area contributed by atoms with Gasteiger partial charge in [0.15, 0.2) is 0 Å². The highest BCUT2D eigenvalue weighted by molar-refractivity contribution is 5.99. The molecular formula is C34H49N3O5. The lowest BCUT2D eigenvalue weighted by Crippen LogP contribution is -2.58. The molecule has 1 aromatic rings. The van der Waals surface area contributed by atoms with Crippen LogP contribution in [-0.2, 0) is 19.1 Å².